The topological polar surface area (TPSA) is 92.3 Å². The molecule has 0 aliphatic carbocycles. The predicted octanol–water partition coefficient (Wildman–Crippen LogP) is 4.57. The van der Waals surface area contributed by atoms with Gasteiger partial charge in [-0.05, 0) is 61.5 Å². The minimum absolute atomic E-state index is 0.0524. The van der Waals surface area contributed by atoms with Crippen LogP contribution in [0.15, 0.2) is 82.1 Å². The quantitative estimate of drug-likeness (QED) is 0.356. The zero-order chi connectivity index (χ0) is 23.5. The Morgan fingerprint density at radius 2 is 1.56 bits per heavy atom. The molecule has 170 valence electrons. The summed E-state index contributed by atoms with van der Waals surface area (Å²) < 4.78 is 17.5. The van der Waals surface area contributed by atoms with Crippen molar-refractivity contribution in [2.24, 2.45) is 0 Å². The third-order valence-corrected chi connectivity index (χ3v) is 5.41. The molecule has 0 radical (unpaired) electrons. The molecule has 0 N–H and O–H groups in total. The molecule has 34 heavy (non-hydrogen) atoms. The first kappa shape index (κ1) is 21.4. The lowest BCUT2D eigenvalue weighted by molar-refractivity contribution is 0.340. The summed E-state index contributed by atoms with van der Waals surface area (Å²) in [5.41, 5.74) is 2.11. The maximum atomic E-state index is 13.2. The number of fused-ring (bicyclic) bond motifs is 1. The summed E-state index contributed by atoms with van der Waals surface area (Å²) in [6.45, 7) is 2.58. The van der Waals surface area contributed by atoms with Crippen molar-refractivity contribution in [1.82, 2.24) is 19.9 Å². The summed E-state index contributed by atoms with van der Waals surface area (Å²) in [7, 11) is 1.62. The number of aromatic nitrogens is 4. The lowest BCUT2D eigenvalue weighted by Crippen LogP contribution is -2.24. The Bertz CT molecular complexity index is 1490. The van der Waals surface area contributed by atoms with Crippen LogP contribution in [0.5, 0.6) is 11.5 Å². The van der Waals surface area contributed by atoms with Crippen molar-refractivity contribution in [3.8, 4) is 34.1 Å². The summed E-state index contributed by atoms with van der Waals surface area (Å²) in [6.07, 6.45) is 0. The average Bonchev–Trinajstić information content (AvgIpc) is 3.35. The van der Waals surface area contributed by atoms with Crippen LogP contribution in [0.25, 0.3) is 33.4 Å². The monoisotopic (exact) mass is 454 g/mol. The van der Waals surface area contributed by atoms with Crippen molar-refractivity contribution in [1.29, 1.82) is 0 Å². The van der Waals surface area contributed by atoms with Gasteiger partial charge in [0.05, 0.1) is 24.8 Å². The van der Waals surface area contributed by atoms with Crippen LogP contribution in [0.2, 0.25) is 0 Å². The van der Waals surface area contributed by atoms with Crippen molar-refractivity contribution in [3.63, 3.8) is 0 Å². The smallest absolute Gasteiger partial charge is 0.275 e. The van der Waals surface area contributed by atoms with Crippen LogP contribution >= 0.6 is 0 Å². The Kier molecular flexibility index (Phi) is 5.78. The molecule has 5 aromatic rings. The third-order valence-electron chi connectivity index (χ3n) is 5.41. The van der Waals surface area contributed by atoms with Crippen molar-refractivity contribution < 1.29 is 14.0 Å². The van der Waals surface area contributed by atoms with Crippen LogP contribution in [0.4, 0.5) is 0 Å². The van der Waals surface area contributed by atoms with Gasteiger partial charge in [-0.25, -0.2) is 4.68 Å². The van der Waals surface area contributed by atoms with Gasteiger partial charge in [0.25, 0.3) is 5.56 Å². The van der Waals surface area contributed by atoms with Crippen molar-refractivity contribution in [2.75, 3.05) is 13.7 Å². The fraction of sp³-hybridized carbons (Fsp3) is 0.154. The van der Waals surface area contributed by atoms with E-state index in [-0.39, 0.29) is 18.0 Å². The van der Waals surface area contributed by atoms with Gasteiger partial charge >= 0.3 is 0 Å². The SMILES string of the molecule is CCOc1ccc(-c2noc(Cn3nc(-c4ccc(OC)cc4)c4ccccc4c3=O)n2)cc1. The molecule has 0 aliphatic rings. The Morgan fingerprint density at radius 3 is 2.26 bits per heavy atom. The molecule has 0 saturated carbocycles. The molecule has 3 aromatic carbocycles. The highest BCUT2D eigenvalue weighted by Gasteiger charge is 2.15. The van der Waals surface area contributed by atoms with Crippen LogP contribution in [0, 0.1) is 0 Å². The minimum atomic E-state index is -0.228. The third kappa shape index (κ3) is 4.13. The van der Waals surface area contributed by atoms with Crippen molar-refractivity contribution in [2.45, 2.75) is 13.5 Å². The molecule has 0 amide bonds. The maximum Gasteiger partial charge on any atom is 0.275 e. The van der Waals surface area contributed by atoms with E-state index in [9.17, 15) is 4.79 Å². The molecule has 8 heteroatoms. The molecule has 0 aliphatic heterocycles. The Labute approximate surface area is 195 Å². The summed E-state index contributed by atoms with van der Waals surface area (Å²) in [6, 6.07) is 22.4. The highest BCUT2D eigenvalue weighted by Crippen LogP contribution is 2.26. The molecule has 5 rings (SSSR count). The number of nitrogens with zero attached hydrogens (tertiary/aromatic N) is 4. The number of rotatable bonds is 7. The lowest BCUT2D eigenvalue weighted by atomic mass is 10.0. The van der Waals surface area contributed by atoms with Gasteiger partial charge in [0, 0.05) is 16.5 Å². The highest BCUT2D eigenvalue weighted by molar-refractivity contribution is 5.93. The standard InChI is InChI=1S/C26H22N4O4/c1-3-33-20-14-10-18(11-15-20)25-27-23(34-29-25)16-30-26(31)22-7-5-4-6-21(22)24(28-30)17-8-12-19(32-2)13-9-17/h4-15H,3,16H2,1-2H3. The van der Waals surface area contributed by atoms with Gasteiger partial charge in [-0.3, -0.25) is 4.79 Å². The normalized spacial score (nSPS) is 11.0. The van der Waals surface area contributed by atoms with Crippen LogP contribution in [-0.4, -0.2) is 33.6 Å². The first-order valence-electron chi connectivity index (χ1n) is 10.9. The number of ether oxygens (including phenoxy) is 2. The molecule has 2 heterocycles. The second-order valence-corrected chi connectivity index (χ2v) is 7.55. The number of hydrogen-bond acceptors (Lipinski definition) is 7. The summed E-state index contributed by atoms with van der Waals surface area (Å²) >= 11 is 0. The van der Waals surface area contributed by atoms with Crippen molar-refractivity contribution in [3.05, 3.63) is 89.0 Å². The molecule has 0 fully saturated rings. The summed E-state index contributed by atoms with van der Waals surface area (Å²) in [5, 5.41) is 10.1. The van der Waals surface area contributed by atoms with Crippen LogP contribution in [0.1, 0.15) is 12.8 Å². The van der Waals surface area contributed by atoms with Gasteiger partial charge in [0.1, 0.15) is 18.0 Å². The molecule has 0 saturated heterocycles. The first-order chi connectivity index (χ1) is 16.7. The van der Waals surface area contributed by atoms with Gasteiger partial charge in [-0.15, -0.1) is 0 Å². The van der Waals surface area contributed by atoms with E-state index in [2.05, 4.69) is 15.2 Å². The van der Waals surface area contributed by atoms with Gasteiger partial charge in [-0.1, -0.05) is 23.4 Å². The van der Waals surface area contributed by atoms with E-state index in [0.29, 0.717) is 23.5 Å². The van der Waals surface area contributed by atoms with E-state index < -0.39 is 0 Å². The molecular weight excluding hydrogens is 432 g/mol. The average molecular weight is 454 g/mol. The first-order valence-corrected chi connectivity index (χ1v) is 10.9. The second-order valence-electron chi connectivity index (χ2n) is 7.55. The van der Waals surface area contributed by atoms with E-state index >= 15 is 0 Å². The van der Waals surface area contributed by atoms with E-state index in [1.54, 1.807) is 13.2 Å². The zero-order valence-corrected chi connectivity index (χ0v) is 18.8. The molecule has 8 nitrogen and oxygen atoms in total. The zero-order valence-electron chi connectivity index (χ0n) is 18.8. The van der Waals surface area contributed by atoms with Crippen molar-refractivity contribution >= 4 is 10.8 Å². The van der Waals surface area contributed by atoms with Gasteiger partial charge < -0.3 is 14.0 Å². The maximum absolute atomic E-state index is 13.2. The Hall–Kier alpha value is -4.46. The molecule has 0 spiro atoms. The molecule has 0 unspecified atom stereocenters. The number of hydrogen-bond donors (Lipinski definition) is 0. The largest absolute Gasteiger partial charge is 0.497 e. The van der Waals surface area contributed by atoms with Gasteiger partial charge in [0.2, 0.25) is 11.7 Å². The fourth-order valence-corrected chi connectivity index (χ4v) is 3.74. The van der Waals surface area contributed by atoms with Gasteiger partial charge in [0.15, 0.2) is 0 Å². The molecular formula is C26H22N4O4. The van der Waals surface area contributed by atoms with E-state index in [4.69, 9.17) is 14.0 Å². The lowest BCUT2D eigenvalue weighted by Gasteiger charge is -2.10. The van der Waals surface area contributed by atoms with E-state index in [1.807, 2.05) is 73.7 Å². The Morgan fingerprint density at radius 1 is 0.882 bits per heavy atom. The number of benzene rings is 3. The van der Waals surface area contributed by atoms with Crippen LogP contribution in [0.3, 0.4) is 0 Å². The van der Waals surface area contributed by atoms with Crippen LogP contribution < -0.4 is 15.0 Å². The second kappa shape index (κ2) is 9.19. The number of methoxy groups -OCH3 is 1. The predicted molar refractivity (Wildman–Crippen MR) is 128 cm³/mol. The van der Waals surface area contributed by atoms with E-state index in [0.717, 1.165) is 28.0 Å². The van der Waals surface area contributed by atoms with E-state index in [1.165, 1.54) is 4.68 Å². The molecule has 2 aromatic heterocycles. The van der Waals surface area contributed by atoms with Gasteiger partial charge in [-0.2, -0.15) is 10.1 Å². The van der Waals surface area contributed by atoms with Crippen LogP contribution in [-0.2, 0) is 6.54 Å². The molecule has 0 atom stereocenters. The Balaban J connectivity index is 1.51. The fourth-order valence-electron chi connectivity index (χ4n) is 3.74. The minimum Gasteiger partial charge on any atom is -0.497 e. The molecule has 0 bridgehead atoms. The summed E-state index contributed by atoms with van der Waals surface area (Å²) in [4.78, 5) is 17.6. The highest BCUT2D eigenvalue weighted by atomic mass is 16.5. The summed E-state index contributed by atoms with van der Waals surface area (Å²) in [5.74, 6) is 2.23.